The van der Waals surface area contributed by atoms with Gasteiger partial charge in [-0.05, 0) is 12.0 Å². The quantitative estimate of drug-likeness (QED) is 0.419. The summed E-state index contributed by atoms with van der Waals surface area (Å²) < 4.78 is 28.7. The van der Waals surface area contributed by atoms with Crippen LogP contribution >= 0.6 is 0 Å². The van der Waals surface area contributed by atoms with E-state index in [1.165, 1.54) is 5.56 Å². The van der Waals surface area contributed by atoms with Gasteiger partial charge in [0.2, 0.25) is 0 Å². The van der Waals surface area contributed by atoms with Crippen molar-refractivity contribution in [2.45, 2.75) is 50.8 Å². The molecule has 5 nitrogen and oxygen atoms in total. The molecule has 1 aliphatic rings. The summed E-state index contributed by atoms with van der Waals surface area (Å²) in [6.45, 7) is 7.41. The van der Waals surface area contributed by atoms with Crippen molar-refractivity contribution in [2.75, 3.05) is 27.6 Å². The fourth-order valence-electron chi connectivity index (χ4n) is 3.36. The highest BCUT2D eigenvalue weighted by Gasteiger charge is 2.42. The summed E-state index contributed by atoms with van der Waals surface area (Å²) in [7, 11) is 3.34. The summed E-state index contributed by atoms with van der Waals surface area (Å²) in [6.07, 6.45) is 3.30. The van der Waals surface area contributed by atoms with Crippen LogP contribution in [0.4, 0.5) is 0 Å². The van der Waals surface area contributed by atoms with Gasteiger partial charge in [-0.2, -0.15) is 0 Å². The molecule has 0 N–H and O–H groups in total. The van der Waals surface area contributed by atoms with E-state index in [2.05, 4.69) is 25.6 Å². The molecule has 5 atom stereocenters. The Balaban J connectivity index is 1.90. The zero-order chi connectivity index (χ0) is 18.8. The highest BCUT2D eigenvalue weighted by molar-refractivity contribution is 5.13. The third kappa shape index (κ3) is 6.18. The van der Waals surface area contributed by atoms with E-state index in [4.69, 9.17) is 23.7 Å². The van der Waals surface area contributed by atoms with Gasteiger partial charge in [-0.3, -0.25) is 0 Å². The molecule has 0 aromatic heterocycles. The van der Waals surface area contributed by atoms with Gasteiger partial charge in [-0.15, -0.1) is 6.58 Å². The van der Waals surface area contributed by atoms with Crippen molar-refractivity contribution in [3.63, 3.8) is 0 Å². The third-order valence-corrected chi connectivity index (χ3v) is 4.73. The molecule has 5 heteroatoms. The Morgan fingerprint density at radius 3 is 2.69 bits per heavy atom. The van der Waals surface area contributed by atoms with Gasteiger partial charge >= 0.3 is 0 Å². The van der Waals surface area contributed by atoms with Gasteiger partial charge in [0.25, 0.3) is 0 Å². The summed E-state index contributed by atoms with van der Waals surface area (Å²) in [5.41, 5.74) is 1.17. The number of ether oxygens (including phenoxy) is 5. The van der Waals surface area contributed by atoms with Crippen molar-refractivity contribution < 1.29 is 23.7 Å². The van der Waals surface area contributed by atoms with Gasteiger partial charge in [0.05, 0.1) is 37.6 Å². The minimum atomic E-state index is -0.0478. The lowest BCUT2D eigenvalue weighted by Gasteiger charge is -2.26. The standard InChI is InChI=1S/C21H32O5/c1-5-9-18(23-4)19-12-20(25-15-22-3)21(26-19)16(2)13-24-14-17-10-7-6-8-11-17/h5-8,10-11,16,18-21H,1,9,12-15H2,2-4H3/t16-,18-,19-,20-,21-/m0/s1. The second kappa shape index (κ2) is 11.5. The topological polar surface area (TPSA) is 46.2 Å². The predicted molar refractivity (Wildman–Crippen MR) is 101 cm³/mol. The summed E-state index contributed by atoms with van der Waals surface area (Å²) in [5.74, 6) is 0.201. The van der Waals surface area contributed by atoms with Crippen molar-refractivity contribution in [3.05, 3.63) is 48.6 Å². The molecule has 1 fully saturated rings. The minimum Gasteiger partial charge on any atom is -0.378 e. The van der Waals surface area contributed by atoms with Gasteiger partial charge < -0.3 is 23.7 Å². The molecule has 1 saturated heterocycles. The van der Waals surface area contributed by atoms with Crippen LogP contribution in [0.1, 0.15) is 25.3 Å². The summed E-state index contributed by atoms with van der Waals surface area (Å²) in [4.78, 5) is 0. The van der Waals surface area contributed by atoms with E-state index in [0.717, 1.165) is 12.8 Å². The molecular weight excluding hydrogens is 332 g/mol. The average Bonchev–Trinajstić information content (AvgIpc) is 3.09. The van der Waals surface area contributed by atoms with Crippen molar-refractivity contribution in [3.8, 4) is 0 Å². The van der Waals surface area contributed by atoms with Gasteiger partial charge in [-0.1, -0.05) is 43.3 Å². The van der Waals surface area contributed by atoms with Gasteiger partial charge in [0.15, 0.2) is 0 Å². The maximum atomic E-state index is 6.31. The van der Waals surface area contributed by atoms with Crippen LogP contribution in [0.25, 0.3) is 0 Å². The molecule has 0 aliphatic carbocycles. The largest absolute Gasteiger partial charge is 0.378 e. The number of rotatable bonds is 12. The first-order valence-electron chi connectivity index (χ1n) is 9.21. The molecule has 0 bridgehead atoms. The second-order valence-corrected chi connectivity index (χ2v) is 6.76. The number of hydrogen-bond acceptors (Lipinski definition) is 5. The summed E-state index contributed by atoms with van der Waals surface area (Å²) in [6, 6.07) is 10.2. The van der Waals surface area contributed by atoms with Crippen molar-refractivity contribution in [1.29, 1.82) is 0 Å². The maximum absolute atomic E-state index is 6.31. The van der Waals surface area contributed by atoms with Gasteiger partial charge in [0, 0.05) is 26.6 Å². The van der Waals surface area contributed by atoms with E-state index >= 15 is 0 Å². The molecular formula is C21H32O5. The maximum Gasteiger partial charge on any atom is 0.146 e. The average molecular weight is 364 g/mol. The van der Waals surface area contributed by atoms with Crippen LogP contribution in [0.3, 0.4) is 0 Å². The van der Waals surface area contributed by atoms with E-state index < -0.39 is 0 Å². The van der Waals surface area contributed by atoms with Crippen molar-refractivity contribution in [2.24, 2.45) is 5.92 Å². The Hall–Kier alpha value is -1.24. The van der Waals surface area contributed by atoms with Crippen LogP contribution in [-0.2, 0) is 30.3 Å². The fraction of sp³-hybridized carbons (Fsp3) is 0.619. The molecule has 2 rings (SSSR count). The Kier molecular flexibility index (Phi) is 9.29. The van der Waals surface area contributed by atoms with Crippen LogP contribution in [-0.4, -0.2) is 52.0 Å². The van der Waals surface area contributed by atoms with Crippen molar-refractivity contribution >= 4 is 0 Å². The van der Waals surface area contributed by atoms with Gasteiger partial charge in [-0.25, -0.2) is 0 Å². The number of hydrogen-bond donors (Lipinski definition) is 0. The molecule has 0 radical (unpaired) electrons. The van der Waals surface area contributed by atoms with E-state index in [-0.39, 0.29) is 37.1 Å². The van der Waals surface area contributed by atoms with Crippen molar-refractivity contribution in [1.82, 2.24) is 0 Å². The first kappa shape index (κ1) is 21.1. The molecule has 0 spiro atoms. The van der Waals surface area contributed by atoms with E-state index in [1.807, 2.05) is 24.3 Å². The predicted octanol–water partition coefficient (Wildman–Crippen LogP) is 3.58. The monoisotopic (exact) mass is 364 g/mol. The minimum absolute atomic E-state index is 0.0106. The van der Waals surface area contributed by atoms with Crippen LogP contribution in [0, 0.1) is 5.92 Å². The second-order valence-electron chi connectivity index (χ2n) is 6.76. The highest BCUT2D eigenvalue weighted by atomic mass is 16.7. The summed E-state index contributed by atoms with van der Waals surface area (Å²) in [5, 5.41) is 0. The molecule has 0 amide bonds. The van der Waals surface area contributed by atoms with Gasteiger partial charge in [0.1, 0.15) is 6.79 Å². The van der Waals surface area contributed by atoms with Crippen LogP contribution in [0.2, 0.25) is 0 Å². The molecule has 1 aromatic carbocycles. The van der Waals surface area contributed by atoms with E-state index in [0.29, 0.717) is 13.2 Å². The molecule has 0 saturated carbocycles. The highest BCUT2D eigenvalue weighted by Crippen LogP contribution is 2.32. The lowest BCUT2D eigenvalue weighted by Crippen LogP contribution is -2.34. The summed E-state index contributed by atoms with van der Waals surface area (Å²) >= 11 is 0. The Bertz CT molecular complexity index is 506. The molecule has 0 unspecified atom stereocenters. The molecule has 1 heterocycles. The number of methoxy groups -OCH3 is 2. The first-order valence-corrected chi connectivity index (χ1v) is 9.21. The smallest absolute Gasteiger partial charge is 0.146 e. The Labute approximate surface area is 157 Å². The number of benzene rings is 1. The molecule has 1 aliphatic heterocycles. The fourth-order valence-corrected chi connectivity index (χ4v) is 3.36. The van der Waals surface area contributed by atoms with Crippen LogP contribution in [0.15, 0.2) is 43.0 Å². The molecule has 146 valence electrons. The Morgan fingerprint density at radius 1 is 1.27 bits per heavy atom. The third-order valence-electron chi connectivity index (χ3n) is 4.73. The van der Waals surface area contributed by atoms with E-state index in [9.17, 15) is 0 Å². The lowest BCUT2D eigenvalue weighted by molar-refractivity contribution is -0.121. The van der Waals surface area contributed by atoms with Crippen LogP contribution < -0.4 is 0 Å². The normalized spacial score (nSPS) is 25.1. The first-order chi connectivity index (χ1) is 12.7. The van der Waals surface area contributed by atoms with E-state index in [1.54, 1.807) is 14.2 Å². The molecule has 26 heavy (non-hydrogen) atoms. The lowest BCUT2D eigenvalue weighted by atomic mass is 9.98. The zero-order valence-electron chi connectivity index (χ0n) is 16.1. The zero-order valence-corrected chi connectivity index (χ0v) is 16.1. The van der Waals surface area contributed by atoms with Crippen LogP contribution in [0.5, 0.6) is 0 Å². The SMILES string of the molecule is C=CC[C@H](OC)[C@@H]1C[C@H](OCOC)[C@H]([C@@H](C)COCc2ccccc2)O1. The molecule has 1 aromatic rings. The Morgan fingerprint density at radius 2 is 2.04 bits per heavy atom.